The molecule has 0 aromatic heterocycles. The Balaban J connectivity index is 1.92. The Morgan fingerprint density at radius 3 is 2.10 bits per heavy atom. The van der Waals surface area contributed by atoms with Gasteiger partial charge in [-0.25, -0.2) is 0 Å². The van der Waals surface area contributed by atoms with Crippen molar-refractivity contribution in [3.63, 3.8) is 0 Å². The van der Waals surface area contributed by atoms with Gasteiger partial charge in [0, 0.05) is 16.7 Å². The number of halogens is 1. The van der Waals surface area contributed by atoms with E-state index < -0.39 is 6.10 Å². The first-order chi connectivity index (χ1) is 9.67. The number of hydrogen-bond donors (Lipinski definition) is 3. The Morgan fingerprint density at radius 1 is 1.00 bits per heavy atom. The highest BCUT2D eigenvalue weighted by Crippen LogP contribution is 2.24. The summed E-state index contributed by atoms with van der Waals surface area (Å²) in [7, 11) is 0. The maximum absolute atomic E-state index is 9.25. The molecule has 0 spiro atoms. The summed E-state index contributed by atoms with van der Waals surface area (Å²) in [5, 5.41) is 21.0. The van der Waals surface area contributed by atoms with Crippen LogP contribution < -0.4 is 10.1 Å². The van der Waals surface area contributed by atoms with E-state index in [2.05, 4.69) is 21.2 Å². The zero-order valence-corrected chi connectivity index (χ0v) is 12.4. The lowest BCUT2D eigenvalue weighted by Gasteiger charge is -2.11. The summed E-state index contributed by atoms with van der Waals surface area (Å²) in [5.74, 6) is 1.50. The van der Waals surface area contributed by atoms with Gasteiger partial charge in [-0.3, -0.25) is 0 Å². The van der Waals surface area contributed by atoms with E-state index in [1.54, 1.807) is 0 Å². The van der Waals surface area contributed by atoms with Gasteiger partial charge in [0.2, 0.25) is 0 Å². The topological polar surface area (TPSA) is 61.7 Å². The average Bonchev–Trinajstić information content (AvgIpc) is 2.48. The summed E-state index contributed by atoms with van der Waals surface area (Å²) < 4.78 is 6.70. The molecule has 1 unspecified atom stereocenters. The fraction of sp³-hybridized carbons (Fsp3) is 0.200. The molecule has 2 aromatic rings. The predicted octanol–water partition coefficient (Wildman–Crippen LogP) is 3.01. The average molecular weight is 338 g/mol. The lowest BCUT2D eigenvalue weighted by molar-refractivity contribution is 0.105. The molecule has 0 bridgehead atoms. The molecule has 0 aliphatic rings. The number of ether oxygens (including phenoxy) is 1. The second-order valence-corrected chi connectivity index (χ2v) is 5.21. The van der Waals surface area contributed by atoms with Crippen LogP contribution in [0.4, 0.5) is 5.69 Å². The fourth-order valence-corrected chi connectivity index (χ4v) is 1.84. The quantitative estimate of drug-likeness (QED) is 0.758. The van der Waals surface area contributed by atoms with E-state index in [0.717, 1.165) is 21.7 Å². The third-order valence-electron chi connectivity index (χ3n) is 2.66. The summed E-state index contributed by atoms with van der Waals surface area (Å²) in [6.45, 7) is 0.0567. The summed E-state index contributed by atoms with van der Waals surface area (Å²) in [5.41, 5.74) is 0.862. The smallest absolute Gasteiger partial charge is 0.127 e. The first kappa shape index (κ1) is 14.8. The van der Waals surface area contributed by atoms with Crippen molar-refractivity contribution >= 4 is 21.6 Å². The Hall–Kier alpha value is -1.56. The van der Waals surface area contributed by atoms with Crippen LogP contribution in [-0.4, -0.2) is 29.5 Å². The van der Waals surface area contributed by atoms with Crippen LogP contribution in [0.15, 0.2) is 53.0 Å². The highest BCUT2D eigenvalue weighted by atomic mass is 79.9. The first-order valence-electron chi connectivity index (χ1n) is 6.23. The van der Waals surface area contributed by atoms with Crippen molar-refractivity contribution in [1.29, 1.82) is 0 Å². The molecule has 2 rings (SSSR count). The van der Waals surface area contributed by atoms with Gasteiger partial charge in [0.05, 0.1) is 12.7 Å². The molecule has 5 heteroatoms. The standard InChI is InChI=1S/C15H16BrNO3/c16-11-1-5-14(6-2-11)20-15-7-3-12(4-8-15)17-9-13(19)10-18/h1-8,13,17-19H,9-10H2. The van der Waals surface area contributed by atoms with Crippen LogP contribution in [0, 0.1) is 0 Å². The van der Waals surface area contributed by atoms with Crippen LogP contribution in [-0.2, 0) is 0 Å². The monoisotopic (exact) mass is 337 g/mol. The van der Waals surface area contributed by atoms with Crippen molar-refractivity contribution in [3.8, 4) is 11.5 Å². The molecule has 0 heterocycles. The second kappa shape index (κ2) is 7.28. The molecule has 0 saturated heterocycles. The minimum absolute atomic E-state index is 0.252. The minimum Gasteiger partial charge on any atom is -0.457 e. The summed E-state index contributed by atoms with van der Waals surface area (Å²) in [6.07, 6.45) is -0.756. The SMILES string of the molecule is OCC(O)CNc1ccc(Oc2ccc(Br)cc2)cc1. The molecule has 106 valence electrons. The number of benzene rings is 2. The van der Waals surface area contributed by atoms with Crippen LogP contribution in [0.5, 0.6) is 11.5 Å². The molecule has 0 aliphatic heterocycles. The molecule has 3 N–H and O–H groups in total. The first-order valence-corrected chi connectivity index (χ1v) is 7.03. The van der Waals surface area contributed by atoms with E-state index in [-0.39, 0.29) is 6.61 Å². The largest absolute Gasteiger partial charge is 0.457 e. The third-order valence-corrected chi connectivity index (χ3v) is 3.18. The molecular formula is C15H16BrNO3. The maximum Gasteiger partial charge on any atom is 0.127 e. The van der Waals surface area contributed by atoms with Gasteiger partial charge in [-0.1, -0.05) is 15.9 Å². The molecule has 20 heavy (non-hydrogen) atoms. The van der Waals surface area contributed by atoms with E-state index in [4.69, 9.17) is 9.84 Å². The number of aliphatic hydroxyl groups is 2. The summed E-state index contributed by atoms with van der Waals surface area (Å²) >= 11 is 3.37. The number of rotatable bonds is 6. The zero-order chi connectivity index (χ0) is 14.4. The van der Waals surface area contributed by atoms with Crippen LogP contribution in [0.1, 0.15) is 0 Å². The molecule has 4 nitrogen and oxygen atoms in total. The Labute approximate surface area is 126 Å². The molecule has 2 aromatic carbocycles. The molecule has 0 fully saturated rings. The van der Waals surface area contributed by atoms with Crippen LogP contribution >= 0.6 is 15.9 Å². The number of nitrogens with one attached hydrogen (secondary N) is 1. The lowest BCUT2D eigenvalue weighted by atomic mass is 10.3. The number of hydrogen-bond acceptors (Lipinski definition) is 4. The van der Waals surface area contributed by atoms with Crippen molar-refractivity contribution in [2.24, 2.45) is 0 Å². The summed E-state index contributed by atoms with van der Waals surface area (Å²) in [4.78, 5) is 0. The van der Waals surface area contributed by atoms with Gasteiger partial charge in [-0.05, 0) is 48.5 Å². The van der Waals surface area contributed by atoms with Crippen LogP contribution in [0.2, 0.25) is 0 Å². The lowest BCUT2D eigenvalue weighted by Crippen LogP contribution is -2.22. The second-order valence-electron chi connectivity index (χ2n) is 4.30. The van der Waals surface area contributed by atoms with Crippen molar-refractivity contribution in [1.82, 2.24) is 0 Å². The van der Waals surface area contributed by atoms with E-state index in [0.29, 0.717) is 6.54 Å². The van der Waals surface area contributed by atoms with E-state index in [9.17, 15) is 5.11 Å². The van der Waals surface area contributed by atoms with Gasteiger partial charge in [0.25, 0.3) is 0 Å². The third kappa shape index (κ3) is 4.52. The highest BCUT2D eigenvalue weighted by molar-refractivity contribution is 9.10. The van der Waals surface area contributed by atoms with Crippen molar-refractivity contribution in [2.45, 2.75) is 6.10 Å². The number of anilines is 1. The fourth-order valence-electron chi connectivity index (χ4n) is 1.58. The van der Waals surface area contributed by atoms with E-state index in [1.807, 2.05) is 48.5 Å². The Morgan fingerprint density at radius 2 is 1.55 bits per heavy atom. The molecule has 0 radical (unpaired) electrons. The van der Waals surface area contributed by atoms with Gasteiger partial charge in [0.1, 0.15) is 11.5 Å². The Kier molecular flexibility index (Phi) is 5.40. The Bertz CT molecular complexity index is 528. The normalized spacial score (nSPS) is 11.9. The van der Waals surface area contributed by atoms with Gasteiger partial charge >= 0.3 is 0 Å². The molecular weight excluding hydrogens is 322 g/mol. The predicted molar refractivity (Wildman–Crippen MR) is 82.2 cm³/mol. The van der Waals surface area contributed by atoms with Gasteiger partial charge in [-0.2, -0.15) is 0 Å². The zero-order valence-electron chi connectivity index (χ0n) is 10.8. The van der Waals surface area contributed by atoms with Crippen LogP contribution in [0.3, 0.4) is 0 Å². The van der Waals surface area contributed by atoms with E-state index in [1.165, 1.54) is 0 Å². The van der Waals surface area contributed by atoms with Crippen molar-refractivity contribution < 1.29 is 14.9 Å². The number of aliphatic hydroxyl groups excluding tert-OH is 2. The van der Waals surface area contributed by atoms with Gasteiger partial charge in [0.15, 0.2) is 0 Å². The van der Waals surface area contributed by atoms with Crippen molar-refractivity contribution in [3.05, 3.63) is 53.0 Å². The minimum atomic E-state index is -0.756. The van der Waals surface area contributed by atoms with Crippen LogP contribution in [0.25, 0.3) is 0 Å². The van der Waals surface area contributed by atoms with E-state index >= 15 is 0 Å². The summed E-state index contributed by atoms with van der Waals surface area (Å²) in [6, 6.07) is 15.0. The molecule has 0 saturated carbocycles. The molecule has 0 amide bonds. The highest BCUT2D eigenvalue weighted by Gasteiger charge is 2.02. The maximum atomic E-state index is 9.25. The van der Waals surface area contributed by atoms with Gasteiger partial charge < -0.3 is 20.3 Å². The molecule has 1 atom stereocenters. The van der Waals surface area contributed by atoms with Gasteiger partial charge in [-0.15, -0.1) is 0 Å². The van der Waals surface area contributed by atoms with Crippen molar-refractivity contribution in [2.75, 3.05) is 18.5 Å². The molecule has 0 aliphatic carbocycles.